The summed E-state index contributed by atoms with van der Waals surface area (Å²) in [4.78, 5) is 32.3. The maximum absolute atomic E-state index is 13.8. The summed E-state index contributed by atoms with van der Waals surface area (Å²) in [6, 6.07) is 15.7. The second-order valence-electron chi connectivity index (χ2n) is 8.25. The van der Waals surface area contributed by atoms with Gasteiger partial charge < -0.3 is 14.9 Å². The molecule has 5 rings (SSSR count). The first kappa shape index (κ1) is 23.5. The number of phenolic OH excluding ortho intramolecular Hbond substituents is 1. The number of nitrogens with zero attached hydrogens (tertiary/aromatic N) is 2. The number of fused-ring (bicyclic) bond motifs is 1. The molecule has 1 atom stereocenters. The van der Waals surface area contributed by atoms with Gasteiger partial charge in [-0.1, -0.05) is 42.5 Å². The Balaban J connectivity index is 1.68. The van der Waals surface area contributed by atoms with Crippen molar-refractivity contribution in [3.05, 3.63) is 89.2 Å². The van der Waals surface area contributed by atoms with Crippen LogP contribution < -0.4 is 9.64 Å². The number of phenols is 1. The van der Waals surface area contributed by atoms with E-state index >= 15 is 0 Å². The van der Waals surface area contributed by atoms with Crippen molar-refractivity contribution in [2.24, 2.45) is 0 Å². The predicted molar refractivity (Wildman–Crippen MR) is 135 cm³/mol. The summed E-state index contributed by atoms with van der Waals surface area (Å²) >= 11 is 1.07. The van der Waals surface area contributed by atoms with Crippen LogP contribution in [0, 0.1) is 5.82 Å². The normalized spacial score (nSPS) is 17.2. The Morgan fingerprint density at radius 3 is 2.64 bits per heavy atom. The molecule has 1 fully saturated rings. The highest BCUT2D eigenvalue weighted by molar-refractivity contribution is 7.22. The SMILES string of the molecule is CCCOc1cccc(/C(O)=C2\C(=O)C(=O)N(c3nc4ccc(F)cc4s3)C2c2ccc(O)cc2)c1. The van der Waals surface area contributed by atoms with Gasteiger partial charge in [0.1, 0.15) is 23.1 Å². The molecular formula is C27H21FN2O5S. The van der Waals surface area contributed by atoms with Gasteiger partial charge in [-0.05, 0) is 54.4 Å². The largest absolute Gasteiger partial charge is 0.508 e. The van der Waals surface area contributed by atoms with Gasteiger partial charge in [0.25, 0.3) is 5.78 Å². The number of hydrogen-bond acceptors (Lipinski definition) is 7. The molecular weight excluding hydrogens is 483 g/mol. The van der Waals surface area contributed by atoms with Crippen LogP contribution in [-0.2, 0) is 9.59 Å². The molecule has 182 valence electrons. The number of benzene rings is 3. The van der Waals surface area contributed by atoms with E-state index in [1.54, 1.807) is 36.4 Å². The Morgan fingerprint density at radius 2 is 1.89 bits per heavy atom. The number of hydrogen-bond donors (Lipinski definition) is 2. The number of halogens is 1. The molecule has 0 saturated carbocycles. The quantitative estimate of drug-likeness (QED) is 0.203. The van der Waals surface area contributed by atoms with E-state index in [4.69, 9.17) is 4.74 Å². The number of aliphatic hydroxyl groups excluding tert-OH is 1. The summed E-state index contributed by atoms with van der Waals surface area (Å²) < 4.78 is 19.9. The third-order valence-electron chi connectivity index (χ3n) is 5.78. The molecule has 36 heavy (non-hydrogen) atoms. The lowest BCUT2D eigenvalue weighted by atomic mass is 9.95. The zero-order valence-electron chi connectivity index (χ0n) is 19.1. The van der Waals surface area contributed by atoms with Gasteiger partial charge in [0.15, 0.2) is 5.13 Å². The molecule has 1 amide bonds. The van der Waals surface area contributed by atoms with Crippen molar-refractivity contribution >= 4 is 44.1 Å². The third kappa shape index (κ3) is 4.18. The first-order chi connectivity index (χ1) is 17.4. The molecule has 0 bridgehead atoms. The second-order valence-corrected chi connectivity index (χ2v) is 9.25. The number of carbonyl (C=O) groups excluding carboxylic acids is 2. The topological polar surface area (TPSA) is 100.0 Å². The summed E-state index contributed by atoms with van der Waals surface area (Å²) in [5.41, 5.74) is 1.15. The first-order valence-corrected chi connectivity index (χ1v) is 12.1. The number of anilines is 1. The molecule has 0 spiro atoms. The number of ketones is 1. The highest BCUT2D eigenvalue weighted by Crippen LogP contribution is 2.44. The minimum Gasteiger partial charge on any atom is -0.508 e. The number of Topliss-reactive ketones (excluding diaryl/α,β-unsaturated/α-hetero) is 1. The summed E-state index contributed by atoms with van der Waals surface area (Å²) in [7, 11) is 0. The highest BCUT2D eigenvalue weighted by Gasteiger charge is 2.48. The van der Waals surface area contributed by atoms with E-state index < -0.39 is 23.5 Å². The molecule has 1 saturated heterocycles. The number of thiazole rings is 1. The van der Waals surface area contributed by atoms with Gasteiger partial charge >= 0.3 is 5.91 Å². The first-order valence-electron chi connectivity index (χ1n) is 11.3. The maximum atomic E-state index is 13.8. The van der Waals surface area contributed by atoms with E-state index in [-0.39, 0.29) is 22.2 Å². The lowest BCUT2D eigenvalue weighted by molar-refractivity contribution is -0.132. The van der Waals surface area contributed by atoms with Crippen LogP contribution in [0.4, 0.5) is 9.52 Å². The average Bonchev–Trinajstić information content (AvgIpc) is 3.40. The van der Waals surface area contributed by atoms with Crippen molar-refractivity contribution < 1.29 is 28.9 Å². The van der Waals surface area contributed by atoms with Crippen LogP contribution in [0.2, 0.25) is 0 Å². The van der Waals surface area contributed by atoms with Crippen molar-refractivity contribution in [3.8, 4) is 11.5 Å². The number of rotatable bonds is 6. The van der Waals surface area contributed by atoms with Crippen LogP contribution in [0.5, 0.6) is 11.5 Å². The number of aromatic hydroxyl groups is 1. The molecule has 2 N–H and O–H groups in total. The molecule has 0 aliphatic carbocycles. The summed E-state index contributed by atoms with van der Waals surface area (Å²) in [6.07, 6.45) is 0.800. The maximum Gasteiger partial charge on any atom is 0.301 e. The van der Waals surface area contributed by atoms with Crippen LogP contribution in [0.25, 0.3) is 16.0 Å². The molecule has 4 aromatic rings. The van der Waals surface area contributed by atoms with E-state index in [0.29, 0.717) is 33.7 Å². The number of carbonyl (C=O) groups is 2. The number of aliphatic hydroxyl groups is 1. The fourth-order valence-corrected chi connectivity index (χ4v) is 5.12. The summed E-state index contributed by atoms with van der Waals surface area (Å²) in [6.45, 7) is 2.46. The van der Waals surface area contributed by atoms with Crippen molar-refractivity contribution in [1.82, 2.24) is 4.98 Å². The summed E-state index contributed by atoms with van der Waals surface area (Å²) in [5.74, 6) is -2.03. The molecule has 7 nitrogen and oxygen atoms in total. The Morgan fingerprint density at radius 1 is 1.11 bits per heavy atom. The van der Waals surface area contributed by atoms with Crippen LogP contribution in [0.3, 0.4) is 0 Å². The Labute approximate surface area is 209 Å². The zero-order chi connectivity index (χ0) is 25.4. The van der Waals surface area contributed by atoms with Crippen LogP contribution >= 0.6 is 11.3 Å². The summed E-state index contributed by atoms with van der Waals surface area (Å²) in [5, 5.41) is 21.3. The fourth-order valence-electron chi connectivity index (χ4n) is 4.10. The molecule has 3 aromatic carbocycles. The molecule has 1 aliphatic heterocycles. The lowest BCUT2D eigenvalue weighted by Crippen LogP contribution is -2.29. The molecule has 0 radical (unpaired) electrons. The van der Waals surface area contributed by atoms with E-state index in [0.717, 1.165) is 17.8 Å². The van der Waals surface area contributed by atoms with Crippen molar-refractivity contribution in [1.29, 1.82) is 0 Å². The molecule has 9 heteroatoms. The van der Waals surface area contributed by atoms with E-state index in [9.17, 15) is 24.2 Å². The van der Waals surface area contributed by atoms with Gasteiger partial charge in [-0.25, -0.2) is 9.37 Å². The molecule has 1 aromatic heterocycles. The van der Waals surface area contributed by atoms with E-state index in [2.05, 4.69) is 4.98 Å². The van der Waals surface area contributed by atoms with E-state index in [1.807, 2.05) is 6.92 Å². The number of aromatic nitrogens is 1. The second kappa shape index (κ2) is 9.43. The third-order valence-corrected chi connectivity index (χ3v) is 6.80. The van der Waals surface area contributed by atoms with Gasteiger partial charge in [-0.3, -0.25) is 14.5 Å². The van der Waals surface area contributed by atoms with Gasteiger partial charge in [0.05, 0.1) is 28.4 Å². The molecule has 2 heterocycles. The average molecular weight is 505 g/mol. The van der Waals surface area contributed by atoms with Gasteiger partial charge in [0.2, 0.25) is 0 Å². The van der Waals surface area contributed by atoms with Gasteiger partial charge in [-0.2, -0.15) is 0 Å². The van der Waals surface area contributed by atoms with Crippen LogP contribution in [0.15, 0.2) is 72.3 Å². The number of ether oxygens (including phenoxy) is 1. The lowest BCUT2D eigenvalue weighted by Gasteiger charge is -2.23. The Kier molecular flexibility index (Phi) is 6.15. The monoisotopic (exact) mass is 504 g/mol. The Hall–Kier alpha value is -4.24. The smallest absolute Gasteiger partial charge is 0.301 e. The van der Waals surface area contributed by atoms with Gasteiger partial charge in [0, 0.05) is 5.56 Å². The predicted octanol–water partition coefficient (Wildman–Crippen LogP) is 5.56. The van der Waals surface area contributed by atoms with E-state index in [1.165, 1.54) is 35.2 Å². The minimum absolute atomic E-state index is 0.00642. The Bertz CT molecular complexity index is 1510. The molecule has 1 aliphatic rings. The molecule has 1 unspecified atom stereocenters. The van der Waals surface area contributed by atoms with Crippen molar-refractivity contribution in [3.63, 3.8) is 0 Å². The zero-order valence-corrected chi connectivity index (χ0v) is 20.0. The van der Waals surface area contributed by atoms with Crippen LogP contribution in [0.1, 0.15) is 30.5 Å². The van der Waals surface area contributed by atoms with Crippen molar-refractivity contribution in [2.75, 3.05) is 11.5 Å². The highest BCUT2D eigenvalue weighted by atomic mass is 32.1. The van der Waals surface area contributed by atoms with Gasteiger partial charge in [-0.15, -0.1) is 0 Å². The van der Waals surface area contributed by atoms with Crippen molar-refractivity contribution in [2.45, 2.75) is 19.4 Å². The standard InChI is InChI=1S/C27H21FN2O5S/c1-2-12-35-19-5-3-4-16(13-19)24(32)22-23(15-6-9-18(31)10-7-15)30(26(34)25(22)33)27-29-20-11-8-17(28)14-21(20)36-27/h3-11,13-14,23,31-32H,2,12H2,1H3/b24-22+. The minimum atomic E-state index is -1.02. The number of amides is 1. The van der Waals surface area contributed by atoms with Crippen LogP contribution in [-0.4, -0.2) is 33.5 Å². The fraction of sp³-hybridized carbons (Fsp3) is 0.148.